The highest BCUT2D eigenvalue weighted by Crippen LogP contribution is 2.31. The van der Waals surface area contributed by atoms with Crippen LogP contribution in [0.2, 0.25) is 0 Å². The molecule has 2 aromatic rings. The van der Waals surface area contributed by atoms with E-state index in [1.807, 2.05) is 36.4 Å². The summed E-state index contributed by atoms with van der Waals surface area (Å²) in [5, 5.41) is 0. The van der Waals surface area contributed by atoms with Gasteiger partial charge in [-0.25, -0.2) is 0 Å². The van der Waals surface area contributed by atoms with Gasteiger partial charge in [0.1, 0.15) is 6.54 Å². The molecule has 0 aromatic heterocycles. The molecule has 4 nitrogen and oxygen atoms in total. The normalized spacial score (nSPS) is 15.0. The molecule has 0 bridgehead atoms. The molecule has 3 rings (SSSR count). The maximum Gasteiger partial charge on any atom is 0.303 e. The highest BCUT2D eigenvalue weighted by atomic mass is 16.2. The van der Waals surface area contributed by atoms with Crippen molar-refractivity contribution in [3.05, 3.63) is 65.2 Å². The van der Waals surface area contributed by atoms with E-state index in [0.717, 1.165) is 24.3 Å². The van der Waals surface area contributed by atoms with Crippen LogP contribution in [0.1, 0.15) is 48.2 Å². The fourth-order valence-electron chi connectivity index (χ4n) is 3.24. The monoisotopic (exact) mass is 337 g/mol. The molecule has 25 heavy (non-hydrogen) atoms. The largest absolute Gasteiger partial charge is 0.314 e. The van der Waals surface area contributed by atoms with Crippen LogP contribution in [0.4, 0.5) is 5.69 Å². The fraction of sp³-hybridized carbons (Fsp3) is 0.333. The summed E-state index contributed by atoms with van der Waals surface area (Å²) in [5.41, 5.74) is 3.61. The number of carbonyl (C=O) groups excluding carboxylic acids is 2. The number of fused-ring (bicyclic) bond motifs is 1. The number of Topliss-reactive ketones (excluding diaryl/α,β-unsaturated/α-hetero) is 1. The Bertz CT molecular complexity index is 784. The second kappa shape index (κ2) is 7.19. The van der Waals surface area contributed by atoms with Crippen molar-refractivity contribution in [3.8, 4) is 0 Å². The molecule has 130 valence electrons. The zero-order valence-electron chi connectivity index (χ0n) is 15.1. The lowest BCUT2D eigenvalue weighted by atomic mass is 9.99. The lowest BCUT2D eigenvalue weighted by molar-refractivity contribution is -0.910. The van der Waals surface area contributed by atoms with Gasteiger partial charge in [-0.3, -0.25) is 14.5 Å². The minimum Gasteiger partial charge on any atom is -0.314 e. The summed E-state index contributed by atoms with van der Waals surface area (Å²) >= 11 is 0. The van der Waals surface area contributed by atoms with Crippen molar-refractivity contribution in [2.24, 2.45) is 0 Å². The highest BCUT2D eigenvalue weighted by Gasteiger charge is 2.37. The van der Waals surface area contributed by atoms with Crippen LogP contribution in [0.5, 0.6) is 0 Å². The summed E-state index contributed by atoms with van der Waals surface area (Å²) in [7, 11) is 0. The molecule has 2 aromatic carbocycles. The van der Waals surface area contributed by atoms with E-state index in [9.17, 15) is 9.59 Å². The predicted molar refractivity (Wildman–Crippen MR) is 98.9 cm³/mol. The molecule has 1 unspecified atom stereocenters. The molecular formula is C21H25N2O2+. The third kappa shape index (κ3) is 3.49. The molecule has 1 aliphatic rings. The number of quaternary nitrogens is 1. The number of benzene rings is 2. The summed E-state index contributed by atoms with van der Waals surface area (Å²) in [6, 6.07) is 16.1. The van der Waals surface area contributed by atoms with Gasteiger partial charge in [-0.05, 0) is 30.5 Å². The minimum atomic E-state index is -0.407. The number of hydrogen-bond donors (Lipinski definition) is 1. The third-order valence-electron chi connectivity index (χ3n) is 4.84. The number of carbonyl (C=O) groups is 2. The number of rotatable bonds is 6. The molecule has 0 aliphatic carbocycles. The average molecular weight is 337 g/mol. The smallest absolute Gasteiger partial charge is 0.303 e. The van der Waals surface area contributed by atoms with Gasteiger partial charge in [-0.1, -0.05) is 50.2 Å². The van der Waals surface area contributed by atoms with Crippen LogP contribution >= 0.6 is 0 Å². The number of amides is 1. The summed E-state index contributed by atoms with van der Waals surface area (Å²) in [6.07, 6.45) is 0. The van der Waals surface area contributed by atoms with Gasteiger partial charge < -0.3 is 4.90 Å². The first-order valence-corrected chi connectivity index (χ1v) is 8.89. The van der Waals surface area contributed by atoms with E-state index in [-0.39, 0.29) is 5.78 Å². The Morgan fingerprint density at radius 1 is 1.04 bits per heavy atom. The van der Waals surface area contributed by atoms with Gasteiger partial charge in [0, 0.05) is 5.56 Å². The van der Waals surface area contributed by atoms with Crippen LogP contribution in [-0.4, -0.2) is 24.9 Å². The molecule has 0 radical (unpaired) electrons. The Morgan fingerprint density at radius 3 is 2.40 bits per heavy atom. The molecule has 0 saturated heterocycles. The zero-order chi connectivity index (χ0) is 18.0. The lowest BCUT2D eigenvalue weighted by Crippen LogP contribution is -3.12. The van der Waals surface area contributed by atoms with Crippen molar-refractivity contribution in [3.63, 3.8) is 0 Å². The maximum absolute atomic E-state index is 12.5. The van der Waals surface area contributed by atoms with Crippen LogP contribution in [-0.2, 0) is 11.3 Å². The van der Waals surface area contributed by atoms with E-state index < -0.39 is 5.91 Å². The number of nitrogens with zero attached hydrogens (tertiary/aromatic N) is 1. The molecule has 1 atom stereocenters. The van der Waals surface area contributed by atoms with Crippen LogP contribution in [0.15, 0.2) is 48.5 Å². The van der Waals surface area contributed by atoms with Crippen molar-refractivity contribution in [1.82, 2.24) is 0 Å². The molecule has 1 amide bonds. The van der Waals surface area contributed by atoms with Gasteiger partial charge in [-0.15, -0.1) is 0 Å². The van der Waals surface area contributed by atoms with E-state index >= 15 is 0 Å². The van der Waals surface area contributed by atoms with Gasteiger partial charge in [0.05, 0.1) is 17.8 Å². The van der Waals surface area contributed by atoms with Gasteiger partial charge in [-0.2, -0.15) is 0 Å². The summed E-state index contributed by atoms with van der Waals surface area (Å²) in [5.74, 6) is -0.458. The van der Waals surface area contributed by atoms with E-state index in [0.29, 0.717) is 18.2 Å². The van der Waals surface area contributed by atoms with E-state index in [4.69, 9.17) is 0 Å². The number of ketones is 1. The molecule has 1 aliphatic heterocycles. The number of anilines is 1. The first-order valence-electron chi connectivity index (χ1n) is 8.89. The first kappa shape index (κ1) is 17.4. The highest BCUT2D eigenvalue weighted by molar-refractivity contribution is 6.52. The molecule has 0 saturated carbocycles. The molecular weight excluding hydrogens is 312 g/mol. The van der Waals surface area contributed by atoms with Crippen molar-refractivity contribution < 1.29 is 14.5 Å². The predicted octanol–water partition coefficient (Wildman–Crippen LogP) is 2.40. The quantitative estimate of drug-likeness (QED) is 0.823. The Balaban J connectivity index is 1.83. The van der Waals surface area contributed by atoms with Gasteiger partial charge in [0.2, 0.25) is 0 Å². The van der Waals surface area contributed by atoms with Crippen molar-refractivity contribution in [1.29, 1.82) is 0 Å². The molecule has 0 spiro atoms. The van der Waals surface area contributed by atoms with Crippen LogP contribution in [0.3, 0.4) is 0 Å². The lowest BCUT2D eigenvalue weighted by Gasteiger charge is -2.24. The van der Waals surface area contributed by atoms with Crippen LogP contribution in [0.25, 0.3) is 0 Å². The van der Waals surface area contributed by atoms with Crippen molar-refractivity contribution in [2.75, 3.05) is 18.1 Å². The van der Waals surface area contributed by atoms with Gasteiger partial charge in [0.15, 0.2) is 6.67 Å². The molecule has 1 heterocycles. The van der Waals surface area contributed by atoms with E-state index in [1.54, 1.807) is 4.90 Å². The third-order valence-corrected chi connectivity index (χ3v) is 4.84. The maximum atomic E-state index is 12.5. The number of nitrogens with one attached hydrogen (secondary N) is 1. The molecule has 4 heteroatoms. The Labute approximate surface area is 149 Å². The topological polar surface area (TPSA) is 41.8 Å². The minimum absolute atomic E-state index is 0.332. The SMILES string of the molecule is CC[NH+](Cc1ccccc1)CN1C(=O)C(=O)c2cc(C(C)C)ccc21. The second-order valence-corrected chi connectivity index (χ2v) is 6.92. The van der Waals surface area contributed by atoms with Crippen LogP contribution in [0, 0.1) is 0 Å². The van der Waals surface area contributed by atoms with E-state index in [2.05, 4.69) is 32.9 Å². The van der Waals surface area contributed by atoms with Crippen molar-refractivity contribution >= 4 is 17.4 Å². The number of hydrogen-bond acceptors (Lipinski definition) is 2. The summed E-state index contributed by atoms with van der Waals surface area (Å²) in [6.45, 7) is 8.49. The molecule has 0 fully saturated rings. The summed E-state index contributed by atoms with van der Waals surface area (Å²) < 4.78 is 0. The Morgan fingerprint density at radius 2 is 1.76 bits per heavy atom. The first-order chi connectivity index (χ1) is 12.0. The fourth-order valence-corrected chi connectivity index (χ4v) is 3.24. The van der Waals surface area contributed by atoms with Crippen LogP contribution < -0.4 is 9.80 Å². The Hall–Kier alpha value is -2.46. The average Bonchev–Trinajstić information content (AvgIpc) is 2.86. The molecule has 1 N–H and O–H groups in total. The van der Waals surface area contributed by atoms with Gasteiger partial charge >= 0.3 is 5.91 Å². The summed E-state index contributed by atoms with van der Waals surface area (Å²) in [4.78, 5) is 27.8. The van der Waals surface area contributed by atoms with Crippen molar-refractivity contribution in [2.45, 2.75) is 33.2 Å². The standard InChI is InChI=1S/C21H24N2O2/c1-4-22(13-16-8-6-5-7-9-16)14-23-19-11-10-17(15(2)3)12-18(19)20(24)21(23)25/h5-12,15H,4,13-14H2,1-3H3/p+1. The second-order valence-electron chi connectivity index (χ2n) is 6.92. The Kier molecular flexibility index (Phi) is 5.00. The van der Waals surface area contributed by atoms with E-state index in [1.165, 1.54) is 10.5 Å². The zero-order valence-corrected chi connectivity index (χ0v) is 15.1. The van der Waals surface area contributed by atoms with Gasteiger partial charge in [0.25, 0.3) is 5.78 Å².